The number of carbonyl (C=O) groups is 1. The number of benzene rings is 2. The third-order valence-electron chi connectivity index (χ3n) is 8.52. The van der Waals surface area contributed by atoms with Crippen LogP contribution in [0.15, 0.2) is 48.5 Å². The number of aliphatic hydroxyl groups is 1. The summed E-state index contributed by atoms with van der Waals surface area (Å²) in [5.41, 5.74) is 3.97. The molecule has 1 N–H and O–H groups in total. The first-order valence-corrected chi connectivity index (χ1v) is 12.0. The highest BCUT2D eigenvalue weighted by atomic mass is 16.5. The Hall–Kier alpha value is -2.13. The normalized spacial score (nSPS) is 31.6. The highest BCUT2D eigenvalue weighted by Crippen LogP contribution is 2.62. The van der Waals surface area contributed by atoms with E-state index in [1.54, 1.807) is 0 Å². The molecule has 1 unspecified atom stereocenters. The zero-order valence-corrected chi connectivity index (χ0v) is 18.6. The van der Waals surface area contributed by atoms with Crippen molar-refractivity contribution in [2.24, 2.45) is 23.2 Å². The van der Waals surface area contributed by atoms with Crippen LogP contribution in [0.1, 0.15) is 68.1 Å². The summed E-state index contributed by atoms with van der Waals surface area (Å²) in [4.78, 5) is 13.0. The molecule has 0 spiro atoms. The van der Waals surface area contributed by atoms with Gasteiger partial charge in [-0.2, -0.15) is 0 Å². The van der Waals surface area contributed by atoms with Crippen molar-refractivity contribution in [3.8, 4) is 5.75 Å². The van der Waals surface area contributed by atoms with Crippen molar-refractivity contribution >= 4 is 5.78 Å². The molecule has 31 heavy (non-hydrogen) atoms. The van der Waals surface area contributed by atoms with Crippen molar-refractivity contribution in [3.05, 3.63) is 65.2 Å². The van der Waals surface area contributed by atoms with Crippen LogP contribution in [-0.2, 0) is 17.8 Å². The van der Waals surface area contributed by atoms with E-state index in [0.717, 1.165) is 44.3 Å². The average molecular weight is 419 g/mol. The minimum absolute atomic E-state index is 0.141. The van der Waals surface area contributed by atoms with Crippen molar-refractivity contribution in [1.82, 2.24) is 0 Å². The number of carbonyl (C=O) groups excluding carboxylic acids is 1. The van der Waals surface area contributed by atoms with E-state index in [2.05, 4.69) is 37.3 Å². The number of hydrogen-bond donors (Lipinski definition) is 1. The molecule has 0 radical (unpaired) electrons. The van der Waals surface area contributed by atoms with Crippen LogP contribution < -0.4 is 4.74 Å². The Kier molecular flexibility index (Phi) is 5.64. The van der Waals surface area contributed by atoms with Crippen LogP contribution in [0.2, 0.25) is 0 Å². The molecule has 3 aliphatic carbocycles. The van der Waals surface area contributed by atoms with Crippen LogP contribution in [0.4, 0.5) is 0 Å². The molecule has 0 aromatic heterocycles. The minimum atomic E-state index is -0.141. The van der Waals surface area contributed by atoms with Gasteiger partial charge < -0.3 is 9.84 Å². The fourth-order valence-electron chi connectivity index (χ4n) is 7.07. The Morgan fingerprint density at radius 2 is 1.97 bits per heavy atom. The van der Waals surface area contributed by atoms with Crippen LogP contribution in [0, 0.1) is 23.2 Å². The van der Waals surface area contributed by atoms with Crippen molar-refractivity contribution in [3.63, 3.8) is 0 Å². The lowest BCUT2D eigenvalue weighted by atomic mass is 9.54. The Morgan fingerprint density at radius 3 is 2.77 bits per heavy atom. The molecule has 3 nitrogen and oxygen atoms in total. The number of rotatable bonds is 6. The van der Waals surface area contributed by atoms with E-state index in [-0.39, 0.29) is 12.0 Å². The fourth-order valence-corrected chi connectivity index (χ4v) is 7.07. The molecule has 0 amide bonds. The first-order chi connectivity index (χ1) is 15.1. The first kappa shape index (κ1) is 20.8. The predicted molar refractivity (Wildman–Crippen MR) is 122 cm³/mol. The lowest BCUT2D eigenvalue weighted by molar-refractivity contribution is -0.129. The van der Waals surface area contributed by atoms with Gasteiger partial charge in [-0.3, -0.25) is 4.79 Å². The molecule has 164 valence electrons. The molecular formula is C28H34O3. The second-order valence-corrected chi connectivity index (χ2v) is 10.2. The molecule has 3 aliphatic rings. The summed E-state index contributed by atoms with van der Waals surface area (Å²) in [7, 11) is 0. The second-order valence-electron chi connectivity index (χ2n) is 10.2. The molecule has 2 aromatic rings. The van der Waals surface area contributed by atoms with Gasteiger partial charge in [0.25, 0.3) is 0 Å². The summed E-state index contributed by atoms with van der Waals surface area (Å²) in [6.07, 6.45) is 6.91. The van der Waals surface area contributed by atoms with E-state index in [9.17, 15) is 9.90 Å². The minimum Gasteiger partial charge on any atom is -0.489 e. The Labute approximate surface area is 185 Å². The smallest absolute Gasteiger partial charge is 0.139 e. The molecular weight excluding hydrogens is 384 g/mol. The van der Waals surface area contributed by atoms with E-state index in [0.29, 0.717) is 36.1 Å². The summed E-state index contributed by atoms with van der Waals surface area (Å²) in [5.74, 6) is 3.53. The summed E-state index contributed by atoms with van der Waals surface area (Å²) in [6, 6.07) is 17.0. The second kappa shape index (κ2) is 8.43. The highest BCUT2D eigenvalue weighted by molar-refractivity contribution is 5.87. The number of hydrogen-bond acceptors (Lipinski definition) is 3. The lowest BCUT2D eigenvalue weighted by Gasteiger charge is -2.50. The quantitative estimate of drug-likeness (QED) is 0.655. The molecule has 0 heterocycles. The monoisotopic (exact) mass is 418 g/mol. The Balaban J connectivity index is 1.35. The standard InChI is InChI=1S/C28H34O3/c1-28-14-13-24-23-12-10-22(31-18-19-6-3-2-4-7-19)16-20(23)9-11-25(24)27(28)21(8-5-15-29)17-26(28)30/h2-4,6-7,10,12,16,21,24-25,27,29H,5,8-9,11,13-15,17-18H2,1H3/t21?,24-,25-,27+,28-/m1/s1. The summed E-state index contributed by atoms with van der Waals surface area (Å²) in [5, 5.41) is 9.36. The third kappa shape index (κ3) is 3.71. The van der Waals surface area contributed by atoms with Gasteiger partial charge in [0.05, 0.1) is 0 Å². The molecule has 5 atom stereocenters. The zero-order chi connectivity index (χ0) is 21.4. The highest BCUT2D eigenvalue weighted by Gasteiger charge is 2.58. The fraction of sp³-hybridized carbons (Fsp3) is 0.536. The molecule has 2 aromatic carbocycles. The van der Waals surface area contributed by atoms with Gasteiger partial charge in [-0.25, -0.2) is 0 Å². The van der Waals surface area contributed by atoms with Crippen LogP contribution in [0.5, 0.6) is 5.75 Å². The maximum absolute atomic E-state index is 13.0. The van der Waals surface area contributed by atoms with E-state index in [4.69, 9.17) is 4.74 Å². The van der Waals surface area contributed by atoms with Gasteiger partial charge in [-0.05, 0) is 91.0 Å². The SMILES string of the molecule is C[C@]12CC[C@@H]3c4ccc(OCc5ccccc5)cc4CC[C@H]3[C@@H]1C(CCCO)CC2=O. The van der Waals surface area contributed by atoms with Crippen LogP contribution in [0.3, 0.4) is 0 Å². The maximum atomic E-state index is 13.0. The number of ether oxygens (including phenoxy) is 1. The van der Waals surface area contributed by atoms with Gasteiger partial charge in [-0.1, -0.05) is 43.3 Å². The summed E-state index contributed by atoms with van der Waals surface area (Å²) >= 11 is 0. The van der Waals surface area contributed by atoms with Gasteiger partial charge in [0.2, 0.25) is 0 Å². The molecule has 2 saturated carbocycles. The molecule has 0 aliphatic heterocycles. The van der Waals surface area contributed by atoms with Crippen molar-refractivity contribution in [1.29, 1.82) is 0 Å². The zero-order valence-electron chi connectivity index (χ0n) is 18.6. The summed E-state index contributed by atoms with van der Waals surface area (Å²) in [6.45, 7) is 3.07. The summed E-state index contributed by atoms with van der Waals surface area (Å²) < 4.78 is 6.09. The van der Waals surface area contributed by atoms with Crippen molar-refractivity contribution in [2.45, 2.75) is 64.4 Å². The molecule has 3 heteroatoms. The largest absolute Gasteiger partial charge is 0.489 e. The van der Waals surface area contributed by atoms with Crippen LogP contribution >= 0.6 is 0 Å². The molecule has 0 bridgehead atoms. The van der Waals surface area contributed by atoms with E-state index in [1.165, 1.54) is 23.1 Å². The van der Waals surface area contributed by atoms with Gasteiger partial charge in [0.1, 0.15) is 18.1 Å². The van der Waals surface area contributed by atoms with E-state index in [1.807, 2.05) is 18.2 Å². The number of aryl methyl sites for hydroxylation is 1. The molecule has 2 fully saturated rings. The Bertz CT molecular complexity index is 937. The maximum Gasteiger partial charge on any atom is 0.139 e. The lowest BCUT2D eigenvalue weighted by Crippen LogP contribution is -2.44. The topological polar surface area (TPSA) is 46.5 Å². The van der Waals surface area contributed by atoms with Crippen LogP contribution in [-0.4, -0.2) is 17.5 Å². The number of fused-ring (bicyclic) bond motifs is 5. The molecule has 0 saturated heterocycles. The predicted octanol–water partition coefficient (Wildman–Crippen LogP) is 5.69. The van der Waals surface area contributed by atoms with Gasteiger partial charge in [-0.15, -0.1) is 0 Å². The average Bonchev–Trinajstić information content (AvgIpc) is 3.06. The van der Waals surface area contributed by atoms with Crippen molar-refractivity contribution in [2.75, 3.05) is 6.61 Å². The van der Waals surface area contributed by atoms with Gasteiger partial charge in [0.15, 0.2) is 0 Å². The number of ketones is 1. The van der Waals surface area contributed by atoms with Gasteiger partial charge in [0, 0.05) is 18.4 Å². The van der Waals surface area contributed by atoms with Crippen molar-refractivity contribution < 1.29 is 14.6 Å². The van der Waals surface area contributed by atoms with E-state index >= 15 is 0 Å². The molecule has 5 rings (SSSR count). The van der Waals surface area contributed by atoms with Crippen LogP contribution in [0.25, 0.3) is 0 Å². The number of Topliss-reactive ketones (excluding diaryl/α,β-unsaturated/α-hetero) is 1. The van der Waals surface area contributed by atoms with E-state index < -0.39 is 0 Å². The third-order valence-corrected chi connectivity index (χ3v) is 8.52. The van der Waals surface area contributed by atoms with Gasteiger partial charge >= 0.3 is 0 Å². The first-order valence-electron chi connectivity index (χ1n) is 12.0. The Morgan fingerprint density at radius 1 is 1.13 bits per heavy atom. The number of aliphatic hydroxyl groups excluding tert-OH is 1.